The van der Waals surface area contributed by atoms with Crippen LogP contribution in [-0.2, 0) is 10.0 Å². The Bertz CT molecular complexity index is 1310. The number of nitrogens with zero attached hydrogens (tertiary/aromatic N) is 6. The van der Waals surface area contributed by atoms with Crippen LogP contribution in [0, 0.1) is 20.8 Å². The van der Waals surface area contributed by atoms with E-state index in [1.807, 2.05) is 32.9 Å². The summed E-state index contributed by atoms with van der Waals surface area (Å²) >= 11 is 0. The van der Waals surface area contributed by atoms with Crippen LogP contribution in [-0.4, -0.2) is 71.9 Å². The summed E-state index contributed by atoms with van der Waals surface area (Å²) in [6.45, 7) is 8.61. The van der Waals surface area contributed by atoms with Crippen LogP contribution in [0.4, 0.5) is 5.82 Å². The first-order valence-corrected chi connectivity index (χ1v) is 12.8. The summed E-state index contributed by atoms with van der Waals surface area (Å²) in [6, 6.07) is 8.73. The third-order valence-electron chi connectivity index (χ3n) is 5.96. The van der Waals surface area contributed by atoms with Gasteiger partial charge in [0.25, 0.3) is 0 Å². The maximum Gasteiger partial charge on any atom is 0.243 e. The van der Waals surface area contributed by atoms with Crippen LogP contribution in [0.3, 0.4) is 0 Å². The van der Waals surface area contributed by atoms with E-state index in [0.29, 0.717) is 62.5 Å². The molecule has 10 nitrogen and oxygen atoms in total. The van der Waals surface area contributed by atoms with Crippen molar-refractivity contribution in [3.05, 3.63) is 47.5 Å². The van der Waals surface area contributed by atoms with Crippen molar-refractivity contribution >= 4 is 15.8 Å². The fraction of sp³-hybridized carbons (Fsp3) is 0.435. The van der Waals surface area contributed by atoms with Crippen LogP contribution in [0.25, 0.3) is 5.82 Å². The summed E-state index contributed by atoms with van der Waals surface area (Å²) in [4.78, 5) is 11.4. The molecule has 0 spiro atoms. The van der Waals surface area contributed by atoms with Crippen molar-refractivity contribution in [1.82, 2.24) is 24.1 Å². The first-order valence-electron chi connectivity index (χ1n) is 11.4. The molecule has 0 amide bonds. The maximum absolute atomic E-state index is 13.3. The molecule has 5 rings (SSSR count). The van der Waals surface area contributed by atoms with E-state index in [1.165, 1.54) is 4.31 Å². The molecule has 4 heterocycles. The Morgan fingerprint density at radius 2 is 1.56 bits per heavy atom. The fourth-order valence-electron chi connectivity index (χ4n) is 4.28. The van der Waals surface area contributed by atoms with Gasteiger partial charge in [-0.15, -0.1) is 0 Å². The van der Waals surface area contributed by atoms with Crippen LogP contribution in [0.1, 0.15) is 23.6 Å². The zero-order valence-electron chi connectivity index (χ0n) is 19.6. The van der Waals surface area contributed by atoms with Crippen LogP contribution < -0.4 is 14.4 Å². The minimum Gasteiger partial charge on any atom is -0.490 e. The smallest absolute Gasteiger partial charge is 0.243 e. The average Bonchev–Trinajstić information content (AvgIpc) is 3.01. The molecule has 1 saturated heterocycles. The molecular weight excluding hydrogens is 456 g/mol. The maximum atomic E-state index is 13.3. The number of sulfonamides is 1. The zero-order valence-corrected chi connectivity index (χ0v) is 20.4. The van der Waals surface area contributed by atoms with Gasteiger partial charge in [0.05, 0.1) is 23.8 Å². The predicted molar refractivity (Wildman–Crippen MR) is 126 cm³/mol. The van der Waals surface area contributed by atoms with E-state index in [9.17, 15) is 8.42 Å². The zero-order chi connectivity index (χ0) is 23.9. The highest BCUT2D eigenvalue weighted by atomic mass is 32.2. The number of aromatic nitrogens is 4. The van der Waals surface area contributed by atoms with Crippen LogP contribution in [0.2, 0.25) is 0 Å². The quantitative estimate of drug-likeness (QED) is 0.556. The minimum atomic E-state index is -3.65. The molecule has 11 heteroatoms. The van der Waals surface area contributed by atoms with Gasteiger partial charge in [0.2, 0.25) is 10.0 Å². The van der Waals surface area contributed by atoms with Crippen molar-refractivity contribution in [2.75, 3.05) is 44.3 Å². The molecule has 2 aliphatic heterocycles. The molecule has 0 aliphatic carbocycles. The molecule has 34 heavy (non-hydrogen) atoms. The number of fused-ring (bicyclic) bond motifs is 1. The van der Waals surface area contributed by atoms with E-state index >= 15 is 0 Å². The van der Waals surface area contributed by atoms with E-state index in [2.05, 4.69) is 20.0 Å². The largest absolute Gasteiger partial charge is 0.490 e. The molecule has 0 atom stereocenters. The summed E-state index contributed by atoms with van der Waals surface area (Å²) < 4.78 is 41.2. The first-order chi connectivity index (χ1) is 16.3. The topological polar surface area (TPSA) is 103 Å². The van der Waals surface area contributed by atoms with Crippen molar-refractivity contribution in [3.8, 4) is 17.3 Å². The van der Waals surface area contributed by atoms with Gasteiger partial charge >= 0.3 is 0 Å². The van der Waals surface area contributed by atoms with E-state index < -0.39 is 10.0 Å². The van der Waals surface area contributed by atoms with Crippen molar-refractivity contribution < 1.29 is 17.9 Å². The predicted octanol–water partition coefficient (Wildman–Crippen LogP) is 2.26. The van der Waals surface area contributed by atoms with Gasteiger partial charge in [-0.05, 0) is 39.0 Å². The molecule has 180 valence electrons. The van der Waals surface area contributed by atoms with Crippen molar-refractivity contribution in [3.63, 3.8) is 0 Å². The Labute approximate surface area is 199 Å². The molecule has 3 aromatic rings. The first kappa shape index (κ1) is 22.6. The number of hydrogen-bond donors (Lipinski definition) is 0. The molecule has 0 bridgehead atoms. The number of rotatable bonds is 4. The van der Waals surface area contributed by atoms with Gasteiger partial charge in [-0.3, -0.25) is 0 Å². The van der Waals surface area contributed by atoms with E-state index in [4.69, 9.17) is 9.47 Å². The summed E-state index contributed by atoms with van der Waals surface area (Å²) in [6.07, 6.45) is 0.766. The Balaban J connectivity index is 1.33. The molecule has 2 aliphatic rings. The van der Waals surface area contributed by atoms with Crippen LogP contribution in [0.15, 0.2) is 35.2 Å². The van der Waals surface area contributed by atoms with Crippen molar-refractivity contribution in [2.45, 2.75) is 32.1 Å². The molecule has 0 saturated carbocycles. The van der Waals surface area contributed by atoms with Gasteiger partial charge in [-0.25, -0.2) is 23.1 Å². The van der Waals surface area contributed by atoms with Gasteiger partial charge in [0.1, 0.15) is 11.6 Å². The summed E-state index contributed by atoms with van der Waals surface area (Å²) in [7, 11) is -3.65. The van der Waals surface area contributed by atoms with E-state index in [-0.39, 0.29) is 4.90 Å². The number of hydrogen-bond acceptors (Lipinski definition) is 8. The van der Waals surface area contributed by atoms with E-state index in [0.717, 1.165) is 23.6 Å². The normalized spacial score (nSPS) is 17.0. The highest BCUT2D eigenvalue weighted by Crippen LogP contribution is 2.33. The molecular formula is C23H28N6O4S. The number of piperazine rings is 1. The van der Waals surface area contributed by atoms with Gasteiger partial charge in [0.15, 0.2) is 17.3 Å². The Morgan fingerprint density at radius 1 is 0.853 bits per heavy atom. The molecule has 1 fully saturated rings. The average molecular weight is 485 g/mol. The Morgan fingerprint density at radius 3 is 2.26 bits per heavy atom. The standard InChI is InChI=1S/C23H28N6O4S/c1-16-13-17(2)29(26-16)23-15-22(24-18(3)25-23)27-7-9-28(10-8-27)34(30,31)19-5-6-20-21(14-19)33-12-4-11-32-20/h5-6,13-15H,4,7-12H2,1-3H3. The monoisotopic (exact) mass is 484 g/mol. The second-order valence-electron chi connectivity index (χ2n) is 8.52. The second-order valence-corrected chi connectivity index (χ2v) is 10.5. The number of ether oxygens (including phenoxy) is 2. The SMILES string of the molecule is Cc1cc(C)n(-c2cc(N3CCN(S(=O)(=O)c4ccc5c(c4)OCCCO5)CC3)nc(C)n2)n1. The molecule has 2 aromatic heterocycles. The lowest BCUT2D eigenvalue weighted by Crippen LogP contribution is -2.49. The summed E-state index contributed by atoms with van der Waals surface area (Å²) in [5.41, 5.74) is 1.91. The Kier molecular flexibility index (Phi) is 5.90. The third-order valence-corrected chi connectivity index (χ3v) is 7.85. The van der Waals surface area contributed by atoms with Crippen LogP contribution >= 0.6 is 0 Å². The van der Waals surface area contributed by atoms with Gasteiger partial charge in [0, 0.05) is 50.4 Å². The number of aryl methyl sites for hydroxylation is 3. The highest BCUT2D eigenvalue weighted by Gasteiger charge is 2.30. The van der Waals surface area contributed by atoms with Gasteiger partial charge in [-0.2, -0.15) is 9.40 Å². The lowest BCUT2D eigenvalue weighted by molar-refractivity contribution is 0.296. The van der Waals surface area contributed by atoms with Gasteiger partial charge in [-0.1, -0.05) is 0 Å². The van der Waals surface area contributed by atoms with E-state index in [1.54, 1.807) is 22.9 Å². The highest BCUT2D eigenvalue weighted by molar-refractivity contribution is 7.89. The van der Waals surface area contributed by atoms with Crippen molar-refractivity contribution in [2.24, 2.45) is 0 Å². The van der Waals surface area contributed by atoms with Crippen LogP contribution in [0.5, 0.6) is 11.5 Å². The number of anilines is 1. The summed E-state index contributed by atoms with van der Waals surface area (Å²) in [5.74, 6) is 3.17. The lowest BCUT2D eigenvalue weighted by atomic mass is 10.3. The molecule has 1 aromatic carbocycles. The molecule has 0 radical (unpaired) electrons. The van der Waals surface area contributed by atoms with Crippen molar-refractivity contribution in [1.29, 1.82) is 0 Å². The van der Waals surface area contributed by atoms with Gasteiger partial charge < -0.3 is 14.4 Å². The Hall–Kier alpha value is -3.18. The fourth-order valence-corrected chi connectivity index (χ4v) is 5.72. The minimum absolute atomic E-state index is 0.217. The molecule has 0 unspecified atom stereocenters. The lowest BCUT2D eigenvalue weighted by Gasteiger charge is -2.34. The second kappa shape index (κ2) is 8.88. The number of benzene rings is 1. The molecule has 0 N–H and O–H groups in total. The third kappa shape index (κ3) is 4.32. The summed E-state index contributed by atoms with van der Waals surface area (Å²) in [5, 5.41) is 4.52.